The molecule has 0 aromatic carbocycles. The molecule has 22 heavy (non-hydrogen) atoms. The van der Waals surface area contributed by atoms with Crippen LogP contribution in [0.3, 0.4) is 0 Å². The van der Waals surface area contributed by atoms with Gasteiger partial charge in [-0.2, -0.15) is 4.98 Å². The summed E-state index contributed by atoms with van der Waals surface area (Å²) in [5, 5.41) is 4.11. The molecule has 1 saturated heterocycles. The van der Waals surface area contributed by atoms with Gasteiger partial charge in [-0.05, 0) is 32.6 Å². The van der Waals surface area contributed by atoms with E-state index in [2.05, 4.69) is 33.0 Å². The monoisotopic (exact) mass is 299 g/mol. The first-order valence-corrected chi connectivity index (χ1v) is 8.13. The lowest BCUT2D eigenvalue weighted by molar-refractivity contribution is 0.383. The minimum atomic E-state index is 0.168. The van der Waals surface area contributed by atoms with Crippen LogP contribution in [-0.2, 0) is 0 Å². The summed E-state index contributed by atoms with van der Waals surface area (Å²) < 4.78 is 5.15. The summed E-state index contributed by atoms with van der Waals surface area (Å²) in [5.74, 6) is 3.97. The van der Waals surface area contributed by atoms with Crippen LogP contribution in [0.5, 0.6) is 0 Å². The first-order valence-electron chi connectivity index (χ1n) is 8.13. The summed E-state index contributed by atoms with van der Waals surface area (Å²) in [4.78, 5) is 16.2. The molecule has 1 aliphatic carbocycles. The molecule has 1 unspecified atom stereocenters. The highest BCUT2D eigenvalue weighted by Crippen LogP contribution is 2.37. The van der Waals surface area contributed by atoms with Crippen molar-refractivity contribution in [2.24, 2.45) is 0 Å². The van der Waals surface area contributed by atoms with E-state index in [0.29, 0.717) is 11.8 Å². The Morgan fingerprint density at radius 2 is 1.91 bits per heavy atom. The molecule has 2 aliphatic rings. The van der Waals surface area contributed by atoms with Gasteiger partial charge in [0.2, 0.25) is 5.89 Å². The van der Waals surface area contributed by atoms with Crippen LogP contribution in [0.15, 0.2) is 10.6 Å². The summed E-state index contributed by atoms with van der Waals surface area (Å²) in [7, 11) is 0. The third-order valence-corrected chi connectivity index (χ3v) is 4.72. The summed E-state index contributed by atoms with van der Waals surface area (Å²) in [6.45, 7) is 4.87. The predicted octanol–water partition coefficient (Wildman–Crippen LogP) is 3.09. The SMILES string of the molecule is Cc1cc(N2CCCC2c2noc(C)n2)nc(C2CCC2)n1. The molecule has 0 spiro atoms. The molecule has 3 heterocycles. The van der Waals surface area contributed by atoms with Gasteiger partial charge in [0.25, 0.3) is 0 Å². The third-order valence-electron chi connectivity index (χ3n) is 4.72. The molecule has 2 aromatic heterocycles. The Morgan fingerprint density at radius 1 is 1.05 bits per heavy atom. The van der Waals surface area contributed by atoms with Gasteiger partial charge in [-0.25, -0.2) is 9.97 Å². The molecule has 4 rings (SSSR count). The van der Waals surface area contributed by atoms with Crippen LogP contribution in [0.25, 0.3) is 0 Å². The fourth-order valence-corrected chi connectivity index (χ4v) is 3.33. The molecule has 0 bridgehead atoms. The lowest BCUT2D eigenvalue weighted by Crippen LogP contribution is -2.26. The van der Waals surface area contributed by atoms with Crippen LogP contribution < -0.4 is 4.90 Å². The summed E-state index contributed by atoms with van der Waals surface area (Å²) in [6, 6.07) is 2.24. The van der Waals surface area contributed by atoms with Crippen molar-refractivity contribution in [1.29, 1.82) is 0 Å². The van der Waals surface area contributed by atoms with E-state index < -0.39 is 0 Å². The number of hydrogen-bond donors (Lipinski definition) is 0. The van der Waals surface area contributed by atoms with Gasteiger partial charge in [0, 0.05) is 31.1 Å². The zero-order valence-corrected chi connectivity index (χ0v) is 13.1. The van der Waals surface area contributed by atoms with Gasteiger partial charge in [-0.1, -0.05) is 11.6 Å². The highest BCUT2D eigenvalue weighted by atomic mass is 16.5. The zero-order chi connectivity index (χ0) is 15.1. The van der Waals surface area contributed by atoms with Crippen LogP contribution in [0.4, 0.5) is 5.82 Å². The molecule has 1 atom stereocenters. The fraction of sp³-hybridized carbons (Fsp3) is 0.625. The molecule has 116 valence electrons. The Labute approximate surface area is 130 Å². The molecular weight excluding hydrogens is 278 g/mol. The average molecular weight is 299 g/mol. The topological polar surface area (TPSA) is 67.9 Å². The van der Waals surface area contributed by atoms with E-state index in [9.17, 15) is 0 Å². The van der Waals surface area contributed by atoms with E-state index in [1.54, 1.807) is 0 Å². The zero-order valence-electron chi connectivity index (χ0n) is 13.1. The largest absolute Gasteiger partial charge is 0.346 e. The van der Waals surface area contributed by atoms with E-state index in [-0.39, 0.29) is 6.04 Å². The minimum absolute atomic E-state index is 0.168. The lowest BCUT2D eigenvalue weighted by atomic mass is 9.85. The summed E-state index contributed by atoms with van der Waals surface area (Å²) in [5.41, 5.74) is 1.04. The van der Waals surface area contributed by atoms with Crippen LogP contribution in [0.2, 0.25) is 0 Å². The highest BCUT2D eigenvalue weighted by molar-refractivity contribution is 5.43. The van der Waals surface area contributed by atoms with Crippen molar-refractivity contribution in [3.63, 3.8) is 0 Å². The second-order valence-corrected chi connectivity index (χ2v) is 6.38. The van der Waals surface area contributed by atoms with Gasteiger partial charge >= 0.3 is 0 Å². The van der Waals surface area contributed by atoms with E-state index in [1.165, 1.54) is 19.3 Å². The van der Waals surface area contributed by atoms with Gasteiger partial charge in [0.15, 0.2) is 5.82 Å². The number of anilines is 1. The molecule has 0 amide bonds. The Morgan fingerprint density at radius 3 is 2.59 bits per heavy atom. The van der Waals surface area contributed by atoms with Gasteiger partial charge in [-0.3, -0.25) is 0 Å². The quantitative estimate of drug-likeness (QED) is 0.867. The van der Waals surface area contributed by atoms with Crippen LogP contribution >= 0.6 is 0 Å². The van der Waals surface area contributed by atoms with Crippen molar-refractivity contribution >= 4 is 5.82 Å². The lowest BCUT2D eigenvalue weighted by Gasteiger charge is -2.27. The molecule has 1 aliphatic heterocycles. The number of aryl methyl sites for hydroxylation is 2. The number of rotatable bonds is 3. The number of nitrogens with zero attached hydrogens (tertiary/aromatic N) is 5. The Bertz CT molecular complexity index is 679. The van der Waals surface area contributed by atoms with Gasteiger partial charge in [0.05, 0.1) is 6.04 Å². The van der Waals surface area contributed by atoms with Crippen molar-refractivity contribution in [2.45, 2.75) is 57.9 Å². The van der Waals surface area contributed by atoms with Crippen molar-refractivity contribution in [3.8, 4) is 0 Å². The Balaban J connectivity index is 1.66. The average Bonchev–Trinajstić information content (AvgIpc) is 3.04. The maximum Gasteiger partial charge on any atom is 0.223 e. The van der Waals surface area contributed by atoms with E-state index in [4.69, 9.17) is 9.51 Å². The van der Waals surface area contributed by atoms with Crippen molar-refractivity contribution in [2.75, 3.05) is 11.4 Å². The Hall–Kier alpha value is -1.98. The molecule has 2 aromatic rings. The van der Waals surface area contributed by atoms with Crippen molar-refractivity contribution in [3.05, 3.63) is 29.3 Å². The van der Waals surface area contributed by atoms with Gasteiger partial charge < -0.3 is 9.42 Å². The number of hydrogen-bond acceptors (Lipinski definition) is 6. The first kappa shape index (κ1) is 13.7. The fourth-order valence-electron chi connectivity index (χ4n) is 3.33. The predicted molar refractivity (Wildman–Crippen MR) is 81.7 cm³/mol. The number of aromatic nitrogens is 4. The molecule has 1 saturated carbocycles. The van der Waals surface area contributed by atoms with Crippen molar-refractivity contribution in [1.82, 2.24) is 20.1 Å². The first-order chi connectivity index (χ1) is 10.7. The standard InChI is InChI=1S/C16H21N5O/c1-10-9-14(19-15(17-10)12-5-3-6-12)21-8-4-7-13(21)16-18-11(2)22-20-16/h9,12-13H,3-8H2,1-2H3. The summed E-state index contributed by atoms with van der Waals surface area (Å²) in [6.07, 6.45) is 5.90. The second kappa shape index (κ2) is 5.34. The van der Waals surface area contributed by atoms with E-state index in [1.807, 2.05) is 6.92 Å². The molecular formula is C16H21N5O. The Kier molecular flexibility index (Phi) is 3.32. The van der Waals surface area contributed by atoms with E-state index >= 15 is 0 Å². The third kappa shape index (κ3) is 2.36. The molecule has 2 fully saturated rings. The maximum absolute atomic E-state index is 5.15. The smallest absolute Gasteiger partial charge is 0.223 e. The van der Waals surface area contributed by atoms with E-state index in [0.717, 1.165) is 42.5 Å². The van der Waals surface area contributed by atoms with Crippen LogP contribution in [0.1, 0.15) is 67.3 Å². The second-order valence-electron chi connectivity index (χ2n) is 6.38. The van der Waals surface area contributed by atoms with Crippen molar-refractivity contribution < 1.29 is 4.52 Å². The molecule has 6 nitrogen and oxygen atoms in total. The normalized spacial score (nSPS) is 22.1. The van der Waals surface area contributed by atoms with Crippen LogP contribution in [0, 0.1) is 13.8 Å². The maximum atomic E-state index is 5.15. The van der Waals surface area contributed by atoms with Gasteiger partial charge in [-0.15, -0.1) is 0 Å². The molecule has 0 N–H and O–H groups in total. The molecule has 0 radical (unpaired) electrons. The van der Waals surface area contributed by atoms with Crippen LogP contribution in [-0.4, -0.2) is 26.7 Å². The summed E-state index contributed by atoms with van der Waals surface area (Å²) >= 11 is 0. The minimum Gasteiger partial charge on any atom is -0.346 e. The highest BCUT2D eigenvalue weighted by Gasteiger charge is 2.32. The molecule has 6 heteroatoms. The van der Waals surface area contributed by atoms with Gasteiger partial charge in [0.1, 0.15) is 11.6 Å².